The lowest BCUT2D eigenvalue weighted by atomic mass is 10.2. The number of thioether (sulfide) groups is 1. The minimum Gasteiger partial charge on any atom is -0.326 e. The summed E-state index contributed by atoms with van der Waals surface area (Å²) in [7, 11) is 0. The van der Waals surface area contributed by atoms with E-state index in [1.165, 1.54) is 16.2 Å². The molecule has 4 rings (SSSR count). The lowest BCUT2D eigenvalue weighted by Gasteiger charge is -2.06. The molecule has 1 aliphatic rings. The maximum atomic E-state index is 12.5. The highest BCUT2D eigenvalue weighted by molar-refractivity contribution is 8.00. The molecule has 2 aromatic heterocycles. The Morgan fingerprint density at radius 2 is 2.04 bits per heavy atom. The first kappa shape index (κ1) is 18.1. The fraction of sp³-hybridized carbons (Fsp3) is 0.222. The van der Waals surface area contributed by atoms with Crippen LogP contribution in [0, 0.1) is 5.92 Å². The number of thiophene rings is 1. The van der Waals surface area contributed by atoms with Gasteiger partial charge in [-0.2, -0.15) is 0 Å². The topological polar surface area (TPSA) is 84.0 Å². The third-order valence-electron chi connectivity index (χ3n) is 3.89. The molecule has 27 heavy (non-hydrogen) atoms. The predicted octanol–water partition coefficient (Wildman–Crippen LogP) is 4.49. The summed E-state index contributed by atoms with van der Waals surface area (Å²) >= 11 is 4.65. The first-order valence-electron chi connectivity index (χ1n) is 8.38. The fourth-order valence-corrected chi connectivity index (χ4v) is 4.86. The lowest BCUT2D eigenvalue weighted by molar-refractivity contribution is -0.117. The van der Waals surface area contributed by atoms with Gasteiger partial charge in [-0.1, -0.05) is 35.2 Å². The largest absolute Gasteiger partial charge is 0.326 e. The Bertz CT molecular complexity index is 951. The molecular formula is C18H16N4O2S3. The van der Waals surface area contributed by atoms with Gasteiger partial charge in [0, 0.05) is 27.8 Å². The number of carbonyl (C=O) groups is 2. The summed E-state index contributed by atoms with van der Waals surface area (Å²) in [6, 6.07) is 11.0. The summed E-state index contributed by atoms with van der Waals surface area (Å²) in [5.74, 6) is 0.699. The third kappa shape index (κ3) is 4.94. The second-order valence-corrected chi connectivity index (χ2v) is 9.27. The SMILES string of the molecule is O=C(Nc1nnc(SCc2cccs2)s1)c1cccc(NC(=O)C2CC2)c1. The molecule has 2 N–H and O–H groups in total. The molecule has 3 aromatic rings. The van der Waals surface area contributed by atoms with Crippen molar-refractivity contribution in [3.8, 4) is 0 Å². The number of rotatable bonds is 7. The van der Waals surface area contributed by atoms with E-state index >= 15 is 0 Å². The zero-order valence-electron chi connectivity index (χ0n) is 14.2. The Morgan fingerprint density at radius 3 is 2.81 bits per heavy atom. The molecule has 0 radical (unpaired) electrons. The van der Waals surface area contributed by atoms with Gasteiger partial charge in [-0.15, -0.1) is 21.5 Å². The molecule has 2 amide bonds. The Balaban J connectivity index is 1.35. The van der Waals surface area contributed by atoms with Crippen molar-refractivity contribution in [1.29, 1.82) is 0 Å². The van der Waals surface area contributed by atoms with Gasteiger partial charge in [0.2, 0.25) is 11.0 Å². The van der Waals surface area contributed by atoms with E-state index in [9.17, 15) is 9.59 Å². The number of carbonyl (C=O) groups excluding carboxylic acids is 2. The number of aromatic nitrogens is 2. The highest BCUT2D eigenvalue weighted by atomic mass is 32.2. The van der Waals surface area contributed by atoms with Crippen LogP contribution < -0.4 is 10.6 Å². The van der Waals surface area contributed by atoms with E-state index in [0.29, 0.717) is 16.4 Å². The summed E-state index contributed by atoms with van der Waals surface area (Å²) in [4.78, 5) is 25.6. The number of anilines is 2. The smallest absolute Gasteiger partial charge is 0.257 e. The standard InChI is InChI=1S/C18H16N4O2S3/c23-15(11-6-7-11)19-13-4-1-3-12(9-13)16(24)20-17-21-22-18(27-17)26-10-14-5-2-8-25-14/h1-5,8-9,11H,6-7,10H2,(H,19,23)(H,20,21,24). The van der Waals surface area contributed by atoms with Gasteiger partial charge in [0.1, 0.15) is 0 Å². The third-order valence-corrected chi connectivity index (χ3v) is 6.97. The van der Waals surface area contributed by atoms with Crippen molar-refractivity contribution in [2.75, 3.05) is 10.6 Å². The van der Waals surface area contributed by atoms with Crippen molar-refractivity contribution >= 4 is 57.1 Å². The van der Waals surface area contributed by atoms with Gasteiger partial charge in [0.05, 0.1) is 0 Å². The number of benzene rings is 1. The molecule has 0 bridgehead atoms. The summed E-state index contributed by atoms with van der Waals surface area (Å²) < 4.78 is 0.809. The molecule has 0 atom stereocenters. The van der Waals surface area contributed by atoms with Crippen LogP contribution in [0.5, 0.6) is 0 Å². The van der Waals surface area contributed by atoms with Gasteiger partial charge in [0.15, 0.2) is 4.34 Å². The number of nitrogens with zero attached hydrogens (tertiary/aromatic N) is 2. The molecule has 0 aliphatic heterocycles. The van der Waals surface area contributed by atoms with Crippen LogP contribution in [0.1, 0.15) is 28.1 Å². The first-order valence-corrected chi connectivity index (χ1v) is 11.1. The number of amides is 2. The predicted molar refractivity (Wildman–Crippen MR) is 110 cm³/mol. The van der Waals surface area contributed by atoms with Crippen molar-refractivity contribution in [3.05, 3.63) is 52.2 Å². The Kier molecular flexibility index (Phi) is 5.51. The zero-order chi connectivity index (χ0) is 18.6. The highest BCUT2D eigenvalue weighted by Crippen LogP contribution is 2.31. The maximum Gasteiger partial charge on any atom is 0.257 e. The fourth-order valence-electron chi connectivity index (χ4n) is 2.34. The molecule has 1 fully saturated rings. The molecular weight excluding hydrogens is 400 g/mol. The van der Waals surface area contributed by atoms with E-state index < -0.39 is 0 Å². The van der Waals surface area contributed by atoms with Gasteiger partial charge in [-0.05, 0) is 42.5 Å². The molecule has 1 saturated carbocycles. The zero-order valence-corrected chi connectivity index (χ0v) is 16.6. The minimum atomic E-state index is -0.275. The molecule has 0 spiro atoms. The number of nitrogens with one attached hydrogen (secondary N) is 2. The quantitative estimate of drug-likeness (QED) is 0.438. The molecule has 6 nitrogen and oxygen atoms in total. The van der Waals surface area contributed by atoms with E-state index in [0.717, 1.165) is 22.9 Å². The second-order valence-electron chi connectivity index (χ2n) is 6.04. The highest BCUT2D eigenvalue weighted by Gasteiger charge is 2.29. The van der Waals surface area contributed by atoms with Crippen molar-refractivity contribution in [1.82, 2.24) is 10.2 Å². The average molecular weight is 417 g/mol. The van der Waals surface area contributed by atoms with Gasteiger partial charge in [-0.25, -0.2) is 0 Å². The lowest BCUT2D eigenvalue weighted by Crippen LogP contribution is -2.15. The van der Waals surface area contributed by atoms with Crippen LogP contribution in [-0.2, 0) is 10.5 Å². The van der Waals surface area contributed by atoms with Crippen LogP contribution in [0.3, 0.4) is 0 Å². The molecule has 0 unspecified atom stereocenters. The molecule has 9 heteroatoms. The normalized spacial score (nSPS) is 13.3. The van der Waals surface area contributed by atoms with Crippen LogP contribution in [0.15, 0.2) is 46.1 Å². The van der Waals surface area contributed by atoms with Crippen molar-refractivity contribution in [2.45, 2.75) is 22.9 Å². The molecule has 1 aromatic carbocycles. The monoisotopic (exact) mass is 416 g/mol. The van der Waals surface area contributed by atoms with E-state index in [1.807, 2.05) is 11.4 Å². The summed E-state index contributed by atoms with van der Waals surface area (Å²) in [5.41, 5.74) is 1.09. The summed E-state index contributed by atoms with van der Waals surface area (Å²) in [6.45, 7) is 0. The van der Waals surface area contributed by atoms with Gasteiger partial charge in [0.25, 0.3) is 5.91 Å². The first-order chi connectivity index (χ1) is 13.2. The molecule has 0 saturated heterocycles. The summed E-state index contributed by atoms with van der Waals surface area (Å²) in [6.07, 6.45) is 1.88. The Hall–Kier alpha value is -2.23. The van der Waals surface area contributed by atoms with Gasteiger partial charge < -0.3 is 5.32 Å². The van der Waals surface area contributed by atoms with Crippen LogP contribution in [0.2, 0.25) is 0 Å². The van der Waals surface area contributed by atoms with Crippen molar-refractivity contribution in [3.63, 3.8) is 0 Å². The second kappa shape index (κ2) is 8.20. The Labute approximate surface area is 168 Å². The van der Waals surface area contributed by atoms with Crippen LogP contribution in [0.25, 0.3) is 0 Å². The molecule has 138 valence electrons. The summed E-state index contributed by atoms with van der Waals surface area (Å²) in [5, 5.41) is 16.3. The number of hydrogen-bond acceptors (Lipinski definition) is 7. The van der Waals surface area contributed by atoms with Crippen LogP contribution in [0.4, 0.5) is 10.8 Å². The van der Waals surface area contributed by atoms with Crippen molar-refractivity contribution in [2.24, 2.45) is 5.92 Å². The molecule has 1 aliphatic carbocycles. The van der Waals surface area contributed by atoms with Crippen LogP contribution in [-0.4, -0.2) is 22.0 Å². The molecule has 2 heterocycles. The van der Waals surface area contributed by atoms with Crippen molar-refractivity contribution < 1.29 is 9.59 Å². The van der Waals surface area contributed by atoms with E-state index in [4.69, 9.17) is 0 Å². The minimum absolute atomic E-state index is 0.0177. The van der Waals surface area contributed by atoms with Crippen LogP contribution >= 0.6 is 34.4 Å². The van der Waals surface area contributed by atoms with Gasteiger partial charge in [-0.3, -0.25) is 14.9 Å². The van der Waals surface area contributed by atoms with E-state index in [1.54, 1.807) is 47.4 Å². The number of hydrogen-bond donors (Lipinski definition) is 2. The Morgan fingerprint density at radius 1 is 1.15 bits per heavy atom. The van der Waals surface area contributed by atoms with Gasteiger partial charge >= 0.3 is 0 Å². The maximum absolute atomic E-state index is 12.5. The van der Waals surface area contributed by atoms with E-state index in [2.05, 4.69) is 26.9 Å². The van der Waals surface area contributed by atoms with E-state index in [-0.39, 0.29) is 17.7 Å². The average Bonchev–Trinajstić information content (AvgIpc) is 3.21.